The lowest BCUT2D eigenvalue weighted by Crippen LogP contribution is -1.92. The van der Waals surface area contributed by atoms with E-state index in [2.05, 4.69) is 11.1 Å². The minimum absolute atomic E-state index is 0.273. The quantitative estimate of drug-likeness (QED) is 0.831. The summed E-state index contributed by atoms with van der Waals surface area (Å²) in [5, 5.41) is 11.5. The fourth-order valence-electron chi connectivity index (χ4n) is 1.90. The highest BCUT2D eigenvalue weighted by Crippen LogP contribution is 2.38. The van der Waals surface area contributed by atoms with Crippen molar-refractivity contribution in [3.63, 3.8) is 0 Å². The third kappa shape index (κ3) is 1.81. The summed E-state index contributed by atoms with van der Waals surface area (Å²) in [7, 11) is 0. The van der Waals surface area contributed by atoms with E-state index >= 15 is 0 Å². The standard InChI is InChI=1S/C13H10N2O2S/c1-8-4-11-12(17-7-16-11)5-9(8)10-6-18-13(15-10)2-3-14/h4-6H,2,7H2,1H3. The van der Waals surface area contributed by atoms with Crippen LogP contribution in [-0.4, -0.2) is 11.8 Å². The first-order chi connectivity index (χ1) is 8.78. The Morgan fingerprint density at radius 1 is 1.39 bits per heavy atom. The number of aromatic nitrogens is 1. The van der Waals surface area contributed by atoms with Crippen LogP contribution in [0.3, 0.4) is 0 Å². The number of rotatable bonds is 2. The topological polar surface area (TPSA) is 55.1 Å². The third-order valence-corrected chi connectivity index (χ3v) is 3.63. The maximum Gasteiger partial charge on any atom is 0.231 e. The van der Waals surface area contributed by atoms with Gasteiger partial charge in [0, 0.05) is 10.9 Å². The Labute approximate surface area is 108 Å². The molecule has 18 heavy (non-hydrogen) atoms. The minimum Gasteiger partial charge on any atom is -0.454 e. The normalized spacial score (nSPS) is 12.4. The van der Waals surface area contributed by atoms with E-state index in [4.69, 9.17) is 14.7 Å². The zero-order chi connectivity index (χ0) is 12.5. The van der Waals surface area contributed by atoms with Crippen LogP contribution in [0.5, 0.6) is 11.5 Å². The molecule has 0 N–H and O–H groups in total. The zero-order valence-electron chi connectivity index (χ0n) is 9.77. The second-order valence-electron chi connectivity index (χ2n) is 3.98. The van der Waals surface area contributed by atoms with Gasteiger partial charge in [0.05, 0.1) is 18.2 Å². The number of nitrogens with zero attached hydrogens (tertiary/aromatic N) is 2. The fourth-order valence-corrected chi connectivity index (χ4v) is 2.63. The Kier molecular flexibility index (Phi) is 2.65. The molecule has 1 aromatic carbocycles. The van der Waals surface area contributed by atoms with Gasteiger partial charge in [0.1, 0.15) is 5.01 Å². The molecule has 2 aromatic rings. The molecule has 0 bridgehead atoms. The third-order valence-electron chi connectivity index (χ3n) is 2.78. The predicted octanol–water partition coefficient (Wildman–Crippen LogP) is 2.91. The molecule has 0 radical (unpaired) electrons. The smallest absolute Gasteiger partial charge is 0.231 e. The molecule has 0 unspecified atom stereocenters. The van der Waals surface area contributed by atoms with Crippen molar-refractivity contribution in [1.82, 2.24) is 4.98 Å². The van der Waals surface area contributed by atoms with Crippen molar-refractivity contribution in [1.29, 1.82) is 5.26 Å². The number of nitriles is 1. The lowest BCUT2D eigenvalue weighted by atomic mass is 10.1. The Morgan fingerprint density at radius 3 is 2.94 bits per heavy atom. The summed E-state index contributed by atoms with van der Waals surface area (Å²) in [4.78, 5) is 4.46. The Balaban J connectivity index is 2.03. The van der Waals surface area contributed by atoms with Crippen LogP contribution in [0, 0.1) is 18.3 Å². The van der Waals surface area contributed by atoms with Crippen LogP contribution >= 0.6 is 11.3 Å². The summed E-state index contributed by atoms with van der Waals surface area (Å²) >= 11 is 1.51. The number of ether oxygens (including phenoxy) is 2. The van der Waals surface area contributed by atoms with Crippen LogP contribution in [0.15, 0.2) is 17.5 Å². The van der Waals surface area contributed by atoms with E-state index in [-0.39, 0.29) is 6.79 Å². The highest BCUT2D eigenvalue weighted by molar-refractivity contribution is 7.10. The van der Waals surface area contributed by atoms with Crippen LogP contribution in [0.4, 0.5) is 0 Å². The van der Waals surface area contributed by atoms with Crippen molar-refractivity contribution in [2.75, 3.05) is 6.79 Å². The van der Waals surface area contributed by atoms with Gasteiger partial charge in [-0.2, -0.15) is 5.26 Å². The van der Waals surface area contributed by atoms with Gasteiger partial charge in [0.2, 0.25) is 6.79 Å². The van der Waals surface area contributed by atoms with Crippen LogP contribution in [-0.2, 0) is 6.42 Å². The van der Waals surface area contributed by atoms with Crippen LogP contribution < -0.4 is 9.47 Å². The summed E-state index contributed by atoms with van der Waals surface area (Å²) in [5.74, 6) is 1.54. The molecule has 2 heterocycles. The number of benzene rings is 1. The molecule has 0 saturated carbocycles. The van der Waals surface area contributed by atoms with E-state index in [1.54, 1.807) is 0 Å². The molecular weight excluding hydrogens is 248 g/mol. The van der Waals surface area contributed by atoms with Gasteiger partial charge < -0.3 is 9.47 Å². The molecule has 0 amide bonds. The lowest BCUT2D eigenvalue weighted by Gasteiger charge is -2.04. The van der Waals surface area contributed by atoms with Gasteiger partial charge in [-0.1, -0.05) is 0 Å². The highest BCUT2D eigenvalue weighted by Gasteiger charge is 2.17. The van der Waals surface area contributed by atoms with E-state index in [9.17, 15) is 0 Å². The predicted molar refractivity (Wildman–Crippen MR) is 67.7 cm³/mol. The average molecular weight is 258 g/mol. The molecule has 0 spiro atoms. The molecule has 0 saturated heterocycles. The Bertz CT molecular complexity index is 643. The average Bonchev–Trinajstić information content (AvgIpc) is 2.96. The minimum atomic E-state index is 0.273. The molecule has 0 atom stereocenters. The molecule has 0 fully saturated rings. The first kappa shape index (κ1) is 11.1. The second kappa shape index (κ2) is 4.31. The van der Waals surface area contributed by atoms with E-state index in [0.29, 0.717) is 6.42 Å². The summed E-state index contributed by atoms with van der Waals surface area (Å²) in [6, 6.07) is 6.01. The van der Waals surface area contributed by atoms with E-state index in [1.165, 1.54) is 11.3 Å². The van der Waals surface area contributed by atoms with Gasteiger partial charge in [-0.3, -0.25) is 0 Å². The lowest BCUT2D eigenvalue weighted by molar-refractivity contribution is 0.174. The van der Waals surface area contributed by atoms with Crippen molar-refractivity contribution in [3.8, 4) is 28.8 Å². The van der Waals surface area contributed by atoms with E-state index < -0.39 is 0 Å². The molecule has 0 aliphatic carbocycles. The van der Waals surface area contributed by atoms with E-state index in [0.717, 1.165) is 33.3 Å². The Hall–Kier alpha value is -2.06. The SMILES string of the molecule is Cc1cc2c(cc1-c1csc(CC#N)n1)OCO2. The molecule has 3 rings (SSSR count). The van der Waals surface area contributed by atoms with Crippen LogP contribution in [0.2, 0.25) is 0 Å². The van der Waals surface area contributed by atoms with Gasteiger partial charge >= 0.3 is 0 Å². The van der Waals surface area contributed by atoms with Gasteiger partial charge in [-0.15, -0.1) is 11.3 Å². The maximum absolute atomic E-state index is 8.66. The summed E-state index contributed by atoms with van der Waals surface area (Å²) in [6.45, 7) is 2.29. The van der Waals surface area contributed by atoms with E-state index in [1.807, 2.05) is 24.4 Å². The van der Waals surface area contributed by atoms with Crippen molar-refractivity contribution in [3.05, 3.63) is 28.1 Å². The molecule has 5 heteroatoms. The molecule has 90 valence electrons. The van der Waals surface area contributed by atoms with Crippen molar-refractivity contribution in [2.24, 2.45) is 0 Å². The molecule has 1 aromatic heterocycles. The van der Waals surface area contributed by atoms with Crippen molar-refractivity contribution < 1.29 is 9.47 Å². The number of hydrogen-bond donors (Lipinski definition) is 0. The number of aryl methyl sites for hydroxylation is 1. The Morgan fingerprint density at radius 2 is 2.17 bits per heavy atom. The van der Waals surface area contributed by atoms with Gasteiger partial charge in [0.25, 0.3) is 0 Å². The first-order valence-electron chi connectivity index (χ1n) is 5.50. The summed E-state index contributed by atoms with van der Waals surface area (Å²) in [6.07, 6.45) is 0.355. The zero-order valence-corrected chi connectivity index (χ0v) is 10.6. The largest absolute Gasteiger partial charge is 0.454 e. The van der Waals surface area contributed by atoms with Crippen molar-refractivity contribution >= 4 is 11.3 Å². The highest BCUT2D eigenvalue weighted by atomic mass is 32.1. The number of fused-ring (bicyclic) bond motifs is 1. The van der Waals surface area contributed by atoms with Gasteiger partial charge in [0.15, 0.2) is 11.5 Å². The van der Waals surface area contributed by atoms with Crippen LogP contribution in [0.25, 0.3) is 11.3 Å². The molecule has 1 aliphatic rings. The number of hydrogen-bond acceptors (Lipinski definition) is 5. The molecule has 1 aliphatic heterocycles. The number of thiazole rings is 1. The summed E-state index contributed by atoms with van der Waals surface area (Å²) < 4.78 is 10.7. The van der Waals surface area contributed by atoms with Gasteiger partial charge in [-0.05, 0) is 24.6 Å². The van der Waals surface area contributed by atoms with Crippen molar-refractivity contribution in [2.45, 2.75) is 13.3 Å². The first-order valence-corrected chi connectivity index (χ1v) is 6.38. The maximum atomic E-state index is 8.66. The van der Waals surface area contributed by atoms with Gasteiger partial charge in [-0.25, -0.2) is 4.98 Å². The summed E-state index contributed by atoms with van der Waals surface area (Å²) in [5.41, 5.74) is 3.01. The molecule has 4 nitrogen and oxygen atoms in total. The molecular formula is C13H10N2O2S. The fraction of sp³-hybridized carbons (Fsp3) is 0.231. The van der Waals surface area contributed by atoms with Crippen LogP contribution in [0.1, 0.15) is 10.6 Å². The monoisotopic (exact) mass is 258 g/mol. The second-order valence-corrected chi connectivity index (χ2v) is 4.92.